The summed E-state index contributed by atoms with van der Waals surface area (Å²) in [5.74, 6) is 0.670. The average molecular weight is 351 g/mol. The number of ether oxygens (including phenoxy) is 2. The third-order valence-electron chi connectivity index (χ3n) is 3.81. The molecule has 0 aliphatic carbocycles. The molecule has 1 rings (SSSR count). The Morgan fingerprint density at radius 2 is 2.04 bits per heavy atom. The third kappa shape index (κ3) is 9.00. The zero-order valence-electron chi connectivity index (χ0n) is 16.0. The van der Waals surface area contributed by atoms with Crippen molar-refractivity contribution in [1.29, 1.82) is 0 Å². The minimum Gasteiger partial charge on any atom is -0.490 e. The largest absolute Gasteiger partial charge is 0.490 e. The third-order valence-corrected chi connectivity index (χ3v) is 3.81. The molecule has 5 heteroatoms. The van der Waals surface area contributed by atoms with Gasteiger partial charge in [0.1, 0.15) is 18.5 Å². The lowest BCUT2D eigenvalue weighted by Crippen LogP contribution is -2.35. The molecule has 0 saturated carbocycles. The van der Waals surface area contributed by atoms with E-state index in [4.69, 9.17) is 9.47 Å². The normalized spacial score (nSPS) is 12.4. The number of benzene rings is 1. The molecule has 25 heavy (non-hydrogen) atoms. The SMILES string of the molecule is CCCCCOCc1cc(C(C)=O)ccc1OC[C@H](O)CNC(C)C. The van der Waals surface area contributed by atoms with E-state index in [1.165, 1.54) is 0 Å². The van der Waals surface area contributed by atoms with Gasteiger partial charge in [-0.25, -0.2) is 0 Å². The number of aliphatic hydroxyl groups excluding tert-OH is 1. The molecule has 0 heterocycles. The molecule has 5 nitrogen and oxygen atoms in total. The zero-order valence-corrected chi connectivity index (χ0v) is 16.0. The van der Waals surface area contributed by atoms with Crippen molar-refractivity contribution in [3.8, 4) is 5.75 Å². The number of hydrogen-bond donors (Lipinski definition) is 2. The standard InChI is InChI=1S/C20H33NO4/c1-5-6-7-10-24-13-18-11-17(16(4)22)8-9-20(18)25-14-19(23)12-21-15(2)3/h8-9,11,15,19,21,23H,5-7,10,12-14H2,1-4H3/t19-/m1/s1. The lowest BCUT2D eigenvalue weighted by Gasteiger charge is -2.17. The van der Waals surface area contributed by atoms with Crippen LogP contribution in [0.4, 0.5) is 0 Å². The summed E-state index contributed by atoms with van der Waals surface area (Å²) in [5, 5.41) is 13.2. The zero-order chi connectivity index (χ0) is 18.7. The lowest BCUT2D eigenvalue weighted by atomic mass is 10.1. The van der Waals surface area contributed by atoms with E-state index in [-0.39, 0.29) is 12.4 Å². The molecule has 0 radical (unpaired) electrons. The van der Waals surface area contributed by atoms with Crippen molar-refractivity contribution in [2.75, 3.05) is 19.8 Å². The van der Waals surface area contributed by atoms with E-state index in [0.717, 1.165) is 24.8 Å². The molecular formula is C20H33NO4. The Kier molecular flexibility index (Phi) is 10.4. The summed E-state index contributed by atoms with van der Waals surface area (Å²) in [6, 6.07) is 5.66. The monoisotopic (exact) mass is 351 g/mol. The van der Waals surface area contributed by atoms with Gasteiger partial charge in [-0.3, -0.25) is 4.79 Å². The molecule has 0 fully saturated rings. The smallest absolute Gasteiger partial charge is 0.159 e. The Morgan fingerprint density at radius 1 is 1.28 bits per heavy atom. The van der Waals surface area contributed by atoms with Crippen LogP contribution >= 0.6 is 0 Å². The molecule has 0 aliphatic heterocycles. The molecule has 0 aromatic heterocycles. The van der Waals surface area contributed by atoms with E-state index >= 15 is 0 Å². The van der Waals surface area contributed by atoms with Crippen LogP contribution in [0.1, 0.15) is 62.9 Å². The summed E-state index contributed by atoms with van der Waals surface area (Å²) in [5.41, 5.74) is 1.48. The molecule has 0 aliphatic rings. The number of Topliss-reactive ketones (excluding diaryl/α,β-unsaturated/α-hetero) is 1. The van der Waals surface area contributed by atoms with Crippen molar-refractivity contribution in [1.82, 2.24) is 5.32 Å². The van der Waals surface area contributed by atoms with Gasteiger partial charge >= 0.3 is 0 Å². The second-order valence-corrected chi connectivity index (χ2v) is 6.67. The van der Waals surface area contributed by atoms with Crippen molar-refractivity contribution < 1.29 is 19.4 Å². The first-order valence-corrected chi connectivity index (χ1v) is 9.19. The van der Waals surface area contributed by atoms with E-state index in [2.05, 4.69) is 12.2 Å². The van der Waals surface area contributed by atoms with Crippen LogP contribution in [0.15, 0.2) is 18.2 Å². The quantitative estimate of drug-likeness (QED) is 0.421. The average Bonchev–Trinajstić information content (AvgIpc) is 2.58. The fourth-order valence-corrected chi connectivity index (χ4v) is 2.30. The van der Waals surface area contributed by atoms with Gasteiger partial charge in [0.2, 0.25) is 0 Å². The second-order valence-electron chi connectivity index (χ2n) is 6.67. The van der Waals surface area contributed by atoms with Crippen LogP contribution in [0.3, 0.4) is 0 Å². The number of aliphatic hydroxyl groups is 1. The van der Waals surface area contributed by atoms with Crippen LogP contribution in [0, 0.1) is 0 Å². The van der Waals surface area contributed by atoms with E-state index in [1.54, 1.807) is 19.1 Å². The molecule has 142 valence electrons. The van der Waals surface area contributed by atoms with Crippen molar-refractivity contribution in [2.45, 2.75) is 65.7 Å². The van der Waals surface area contributed by atoms with Crippen molar-refractivity contribution in [3.05, 3.63) is 29.3 Å². The van der Waals surface area contributed by atoms with Crippen molar-refractivity contribution in [2.24, 2.45) is 0 Å². The predicted octanol–water partition coefficient (Wildman–Crippen LogP) is 3.33. The van der Waals surface area contributed by atoms with Gasteiger partial charge in [-0.15, -0.1) is 0 Å². The van der Waals surface area contributed by atoms with Gasteiger partial charge in [0, 0.05) is 30.3 Å². The number of carbonyl (C=O) groups excluding carboxylic acids is 1. The maximum Gasteiger partial charge on any atom is 0.159 e. The molecule has 1 atom stereocenters. The summed E-state index contributed by atoms with van der Waals surface area (Å²) >= 11 is 0. The fraction of sp³-hybridized carbons (Fsp3) is 0.650. The van der Waals surface area contributed by atoms with Gasteiger partial charge in [0.15, 0.2) is 5.78 Å². The van der Waals surface area contributed by atoms with E-state index in [0.29, 0.717) is 37.1 Å². The number of unbranched alkanes of at least 4 members (excludes halogenated alkanes) is 2. The topological polar surface area (TPSA) is 67.8 Å². The van der Waals surface area contributed by atoms with Crippen LogP contribution < -0.4 is 10.1 Å². The van der Waals surface area contributed by atoms with Crippen molar-refractivity contribution in [3.63, 3.8) is 0 Å². The molecular weight excluding hydrogens is 318 g/mol. The van der Waals surface area contributed by atoms with Crippen molar-refractivity contribution >= 4 is 5.78 Å². The molecule has 0 spiro atoms. The minimum absolute atomic E-state index is 0.0138. The van der Waals surface area contributed by atoms with Crippen LogP contribution in [0.2, 0.25) is 0 Å². The Labute approximate surface area is 151 Å². The summed E-state index contributed by atoms with van der Waals surface area (Å²) < 4.78 is 11.5. The number of nitrogens with one attached hydrogen (secondary N) is 1. The van der Waals surface area contributed by atoms with Gasteiger partial charge in [0.05, 0.1) is 6.61 Å². The molecule has 0 saturated heterocycles. The van der Waals surface area contributed by atoms with Gasteiger partial charge in [-0.1, -0.05) is 33.6 Å². The second kappa shape index (κ2) is 12.0. The van der Waals surface area contributed by atoms with Crippen LogP contribution in [0.25, 0.3) is 0 Å². The van der Waals surface area contributed by atoms with E-state index in [1.807, 2.05) is 19.9 Å². The highest BCUT2D eigenvalue weighted by Gasteiger charge is 2.11. The highest BCUT2D eigenvalue weighted by Crippen LogP contribution is 2.22. The molecule has 1 aromatic rings. The van der Waals surface area contributed by atoms with E-state index in [9.17, 15) is 9.90 Å². The predicted molar refractivity (Wildman–Crippen MR) is 100 cm³/mol. The number of carbonyl (C=O) groups is 1. The first-order chi connectivity index (χ1) is 11.9. The summed E-state index contributed by atoms with van der Waals surface area (Å²) in [7, 11) is 0. The van der Waals surface area contributed by atoms with E-state index < -0.39 is 6.10 Å². The molecule has 2 N–H and O–H groups in total. The molecule has 1 aromatic carbocycles. The van der Waals surface area contributed by atoms with Crippen LogP contribution in [-0.2, 0) is 11.3 Å². The fourth-order valence-electron chi connectivity index (χ4n) is 2.30. The maximum absolute atomic E-state index is 11.6. The number of ketones is 1. The van der Waals surface area contributed by atoms with Crippen LogP contribution in [-0.4, -0.2) is 42.8 Å². The number of hydrogen-bond acceptors (Lipinski definition) is 5. The Hall–Kier alpha value is -1.43. The van der Waals surface area contributed by atoms with Gasteiger partial charge < -0.3 is 19.9 Å². The Bertz CT molecular complexity index is 516. The van der Waals surface area contributed by atoms with Gasteiger partial charge in [-0.2, -0.15) is 0 Å². The van der Waals surface area contributed by atoms with Gasteiger partial charge in [0.25, 0.3) is 0 Å². The Morgan fingerprint density at radius 3 is 2.68 bits per heavy atom. The maximum atomic E-state index is 11.6. The molecule has 0 bridgehead atoms. The molecule has 0 unspecified atom stereocenters. The first-order valence-electron chi connectivity index (χ1n) is 9.19. The minimum atomic E-state index is -0.590. The van der Waals surface area contributed by atoms with Gasteiger partial charge in [-0.05, 0) is 31.5 Å². The Balaban J connectivity index is 2.64. The lowest BCUT2D eigenvalue weighted by molar-refractivity contribution is 0.0955. The summed E-state index contributed by atoms with van der Waals surface area (Å²) in [6.07, 6.45) is 2.73. The summed E-state index contributed by atoms with van der Waals surface area (Å²) in [6.45, 7) is 9.53. The molecule has 0 amide bonds. The highest BCUT2D eigenvalue weighted by molar-refractivity contribution is 5.94. The highest BCUT2D eigenvalue weighted by atomic mass is 16.5. The number of rotatable bonds is 13. The summed E-state index contributed by atoms with van der Waals surface area (Å²) in [4.78, 5) is 11.6. The van der Waals surface area contributed by atoms with Crippen LogP contribution in [0.5, 0.6) is 5.75 Å². The first kappa shape index (κ1) is 21.6.